The van der Waals surface area contributed by atoms with Gasteiger partial charge in [-0.05, 0) is 17.9 Å². The van der Waals surface area contributed by atoms with Gasteiger partial charge in [-0.1, -0.05) is 42.1 Å². The van der Waals surface area contributed by atoms with Gasteiger partial charge in [0.15, 0.2) is 5.17 Å². The highest BCUT2D eigenvalue weighted by Crippen LogP contribution is 2.40. The summed E-state index contributed by atoms with van der Waals surface area (Å²) in [6.45, 7) is 3.07. The lowest BCUT2D eigenvalue weighted by molar-refractivity contribution is 0.419. The lowest BCUT2D eigenvalue weighted by Crippen LogP contribution is -2.30. The van der Waals surface area contributed by atoms with Crippen molar-refractivity contribution in [3.63, 3.8) is 0 Å². The fourth-order valence-electron chi connectivity index (χ4n) is 2.24. The van der Waals surface area contributed by atoms with E-state index < -0.39 is 0 Å². The van der Waals surface area contributed by atoms with E-state index in [0.29, 0.717) is 5.88 Å². The number of benzene rings is 1. The Kier molecular flexibility index (Phi) is 3.95. The molecule has 18 heavy (non-hydrogen) atoms. The highest BCUT2D eigenvalue weighted by atomic mass is 35.5. The van der Waals surface area contributed by atoms with Gasteiger partial charge in [-0.15, -0.1) is 24.0 Å². The zero-order valence-electron chi connectivity index (χ0n) is 9.97. The molecule has 0 N–H and O–H groups in total. The molecule has 2 nitrogen and oxygen atoms in total. The molecule has 96 valence electrons. The molecule has 1 atom stereocenters. The minimum absolute atomic E-state index is 0. The van der Waals surface area contributed by atoms with E-state index in [1.54, 1.807) is 11.8 Å². The van der Waals surface area contributed by atoms with Crippen molar-refractivity contribution in [2.45, 2.75) is 12.5 Å². The topological polar surface area (TPSA) is 15.6 Å². The SMILES string of the molecule is CC1(c2ccccc2)CN2C(CCl)=CSC2=N1.Cl. The average Bonchev–Trinajstić information content (AvgIpc) is 2.87. The Morgan fingerprint density at radius 1 is 1.39 bits per heavy atom. The maximum absolute atomic E-state index is 5.94. The highest BCUT2D eigenvalue weighted by molar-refractivity contribution is 8.16. The summed E-state index contributed by atoms with van der Waals surface area (Å²) >= 11 is 7.61. The van der Waals surface area contributed by atoms with Gasteiger partial charge in [-0.25, -0.2) is 4.99 Å². The molecule has 0 fully saturated rings. The molecule has 0 bridgehead atoms. The van der Waals surface area contributed by atoms with Crippen LogP contribution in [0.25, 0.3) is 0 Å². The van der Waals surface area contributed by atoms with Crippen molar-refractivity contribution < 1.29 is 0 Å². The van der Waals surface area contributed by atoms with Crippen LogP contribution in [-0.2, 0) is 5.54 Å². The average molecular weight is 301 g/mol. The van der Waals surface area contributed by atoms with Crippen molar-refractivity contribution in [3.8, 4) is 0 Å². The number of halogens is 2. The number of amidine groups is 1. The van der Waals surface area contributed by atoms with Gasteiger partial charge in [0.05, 0.1) is 12.4 Å². The van der Waals surface area contributed by atoms with E-state index in [1.807, 2.05) is 6.07 Å². The Balaban J connectivity index is 0.00000120. The second-order valence-electron chi connectivity index (χ2n) is 4.48. The molecular formula is C13H14Cl2N2S. The fraction of sp³-hybridized carbons (Fsp3) is 0.308. The van der Waals surface area contributed by atoms with E-state index in [9.17, 15) is 0 Å². The molecule has 3 rings (SSSR count). The van der Waals surface area contributed by atoms with E-state index in [0.717, 1.165) is 17.4 Å². The maximum Gasteiger partial charge on any atom is 0.168 e. The van der Waals surface area contributed by atoms with Crippen LogP contribution >= 0.6 is 35.8 Å². The zero-order chi connectivity index (χ0) is 11.9. The van der Waals surface area contributed by atoms with E-state index in [4.69, 9.17) is 16.6 Å². The van der Waals surface area contributed by atoms with Crippen LogP contribution in [0, 0.1) is 0 Å². The lowest BCUT2D eigenvalue weighted by Gasteiger charge is -2.24. The van der Waals surface area contributed by atoms with E-state index >= 15 is 0 Å². The lowest BCUT2D eigenvalue weighted by atomic mass is 9.93. The van der Waals surface area contributed by atoms with Crippen LogP contribution in [0.2, 0.25) is 0 Å². The molecule has 0 spiro atoms. The summed E-state index contributed by atoms with van der Waals surface area (Å²) in [5, 5.41) is 3.17. The Morgan fingerprint density at radius 2 is 2.11 bits per heavy atom. The van der Waals surface area contributed by atoms with E-state index in [1.165, 1.54) is 5.56 Å². The van der Waals surface area contributed by atoms with E-state index in [-0.39, 0.29) is 17.9 Å². The van der Waals surface area contributed by atoms with Crippen LogP contribution in [0.3, 0.4) is 0 Å². The quantitative estimate of drug-likeness (QED) is 0.772. The Hall–Kier alpha value is -0.640. The minimum Gasteiger partial charge on any atom is -0.320 e. The van der Waals surface area contributed by atoms with Gasteiger partial charge in [0.1, 0.15) is 5.54 Å². The maximum atomic E-state index is 5.94. The minimum atomic E-state index is -0.144. The van der Waals surface area contributed by atoms with E-state index in [2.05, 4.69) is 41.5 Å². The smallest absolute Gasteiger partial charge is 0.168 e. The monoisotopic (exact) mass is 300 g/mol. The van der Waals surface area contributed by atoms with Crippen molar-refractivity contribution in [2.75, 3.05) is 12.4 Å². The molecule has 1 aromatic rings. The first kappa shape index (κ1) is 13.8. The molecule has 0 saturated heterocycles. The fourth-order valence-corrected chi connectivity index (χ4v) is 3.57. The Bertz CT molecular complexity index is 501. The molecule has 1 aromatic carbocycles. The molecular weight excluding hydrogens is 287 g/mol. The van der Waals surface area contributed by atoms with Crippen molar-refractivity contribution in [1.82, 2.24) is 4.90 Å². The van der Waals surface area contributed by atoms with Crippen molar-refractivity contribution in [1.29, 1.82) is 0 Å². The first-order valence-electron chi connectivity index (χ1n) is 5.57. The van der Waals surface area contributed by atoms with Gasteiger partial charge >= 0.3 is 0 Å². The molecule has 0 amide bonds. The standard InChI is InChI=1S/C13H13ClN2S.ClH/c1-13(10-5-3-2-4-6-10)9-16-11(7-14)8-17-12(16)15-13;/h2-6,8H,7,9H2,1H3;1H. The summed E-state index contributed by atoms with van der Waals surface area (Å²) in [6, 6.07) is 10.4. The summed E-state index contributed by atoms with van der Waals surface area (Å²) in [6.07, 6.45) is 0. The third-order valence-corrected chi connectivity index (χ3v) is 4.41. The number of alkyl halides is 1. The zero-order valence-corrected chi connectivity index (χ0v) is 12.4. The number of hydrogen-bond donors (Lipinski definition) is 0. The molecule has 2 aliphatic rings. The van der Waals surface area contributed by atoms with Crippen LogP contribution in [0.15, 0.2) is 46.4 Å². The van der Waals surface area contributed by atoms with Crippen LogP contribution in [-0.4, -0.2) is 22.5 Å². The van der Waals surface area contributed by atoms with Crippen LogP contribution in [0.4, 0.5) is 0 Å². The summed E-state index contributed by atoms with van der Waals surface area (Å²) < 4.78 is 0. The first-order chi connectivity index (χ1) is 8.23. The molecule has 0 aromatic heterocycles. The summed E-state index contributed by atoms with van der Waals surface area (Å²) in [5.74, 6) is 0.552. The van der Waals surface area contributed by atoms with Gasteiger partial charge in [-0.3, -0.25) is 0 Å². The van der Waals surface area contributed by atoms with Gasteiger partial charge in [0, 0.05) is 5.70 Å². The molecule has 2 heterocycles. The highest BCUT2D eigenvalue weighted by Gasteiger charge is 2.40. The van der Waals surface area contributed by atoms with Crippen LogP contribution in [0.5, 0.6) is 0 Å². The predicted molar refractivity (Wildman–Crippen MR) is 81.6 cm³/mol. The number of rotatable bonds is 2. The van der Waals surface area contributed by atoms with Crippen LogP contribution < -0.4 is 0 Å². The molecule has 2 aliphatic heterocycles. The molecule has 5 heteroatoms. The van der Waals surface area contributed by atoms with Gasteiger partial charge in [0.2, 0.25) is 0 Å². The van der Waals surface area contributed by atoms with Gasteiger partial charge in [0.25, 0.3) is 0 Å². The van der Waals surface area contributed by atoms with Crippen LogP contribution in [0.1, 0.15) is 12.5 Å². The largest absolute Gasteiger partial charge is 0.320 e. The number of allylic oxidation sites excluding steroid dienone is 1. The molecule has 1 unspecified atom stereocenters. The summed E-state index contributed by atoms with van der Waals surface area (Å²) in [4.78, 5) is 7.07. The predicted octanol–water partition coefficient (Wildman–Crippen LogP) is 3.82. The number of hydrogen-bond acceptors (Lipinski definition) is 3. The van der Waals surface area contributed by atoms with Gasteiger partial charge in [-0.2, -0.15) is 0 Å². The van der Waals surface area contributed by atoms with Gasteiger partial charge < -0.3 is 4.90 Å². The van der Waals surface area contributed by atoms with Crippen molar-refractivity contribution in [3.05, 3.63) is 47.0 Å². The second-order valence-corrected chi connectivity index (χ2v) is 5.58. The Morgan fingerprint density at radius 3 is 2.78 bits per heavy atom. The normalized spacial score (nSPS) is 25.3. The first-order valence-corrected chi connectivity index (χ1v) is 6.99. The number of aliphatic imine (C=N–C) groups is 1. The Labute approximate surface area is 123 Å². The molecule has 0 aliphatic carbocycles. The molecule has 0 radical (unpaired) electrons. The third-order valence-electron chi connectivity index (χ3n) is 3.22. The number of nitrogens with zero attached hydrogens (tertiary/aromatic N) is 2. The summed E-state index contributed by atoms with van der Waals surface area (Å²) in [7, 11) is 0. The van der Waals surface area contributed by atoms with Crippen molar-refractivity contribution >= 4 is 40.9 Å². The second kappa shape index (κ2) is 5.16. The van der Waals surface area contributed by atoms with Crippen molar-refractivity contribution in [2.24, 2.45) is 4.99 Å². The summed E-state index contributed by atoms with van der Waals surface area (Å²) in [5.41, 5.74) is 2.28. The third kappa shape index (κ3) is 2.15. The number of thioether (sulfide) groups is 1. The molecule has 0 saturated carbocycles. The number of fused-ring (bicyclic) bond motifs is 1.